The van der Waals surface area contributed by atoms with Gasteiger partial charge in [-0.1, -0.05) is 49.9 Å². The van der Waals surface area contributed by atoms with E-state index in [4.69, 9.17) is 29.5 Å². The third kappa shape index (κ3) is 5.53. The van der Waals surface area contributed by atoms with Crippen LogP contribution in [0.4, 0.5) is 0 Å². The van der Waals surface area contributed by atoms with Crippen molar-refractivity contribution in [2.75, 3.05) is 6.54 Å². The van der Waals surface area contributed by atoms with Gasteiger partial charge in [-0.15, -0.1) is 5.10 Å². The maximum Gasteiger partial charge on any atom is 0.201 e. The topological polar surface area (TPSA) is 126 Å². The van der Waals surface area contributed by atoms with Gasteiger partial charge in [0.25, 0.3) is 0 Å². The number of hydrogen-bond donors (Lipinski definition) is 0. The predicted molar refractivity (Wildman–Crippen MR) is 133 cm³/mol. The van der Waals surface area contributed by atoms with Crippen LogP contribution in [0.5, 0.6) is 0 Å². The predicted octanol–water partition coefficient (Wildman–Crippen LogP) is 5.65. The number of ether oxygens (including phenoxy) is 3. The van der Waals surface area contributed by atoms with E-state index in [0.29, 0.717) is 25.0 Å². The lowest BCUT2D eigenvalue weighted by Gasteiger charge is -2.60. The molecular formula is C26H42N6O5. The molecule has 37 heavy (non-hydrogen) atoms. The molecule has 1 saturated carbocycles. The van der Waals surface area contributed by atoms with Crippen molar-refractivity contribution in [3.05, 3.63) is 22.3 Å². The maximum absolute atomic E-state index is 8.30. The van der Waals surface area contributed by atoms with Crippen LogP contribution in [0, 0.1) is 23.7 Å². The summed E-state index contributed by atoms with van der Waals surface area (Å²) in [5, 5.41) is 12.2. The van der Waals surface area contributed by atoms with Crippen LogP contribution in [0.1, 0.15) is 90.7 Å². The van der Waals surface area contributed by atoms with Gasteiger partial charge in [0.15, 0.2) is 18.2 Å². The van der Waals surface area contributed by atoms with E-state index >= 15 is 0 Å². The molecule has 0 aromatic carbocycles. The number of aryl methyl sites for hydroxylation is 1. The van der Waals surface area contributed by atoms with Gasteiger partial charge in [0.05, 0.1) is 12.8 Å². The molecule has 0 unspecified atom stereocenters. The van der Waals surface area contributed by atoms with E-state index in [1.165, 1.54) is 19.3 Å². The van der Waals surface area contributed by atoms with Crippen LogP contribution >= 0.6 is 0 Å². The van der Waals surface area contributed by atoms with E-state index in [0.717, 1.165) is 57.2 Å². The lowest BCUT2D eigenvalue weighted by Crippen LogP contribution is -2.70. The zero-order valence-corrected chi connectivity index (χ0v) is 22.5. The monoisotopic (exact) mass is 518 g/mol. The van der Waals surface area contributed by atoms with Gasteiger partial charge in [-0.2, -0.15) is 0 Å². The molecule has 1 aliphatic carbocycles. The molecule has 206 valence electrons. The van der Waals surface area contributed by atoms with E-state index in [1.54, 1.807) is 0 Å². The van der Waals surface area contributed by atoms with E-state index in [1.807, 2.05) is 17.8 Å². The lowest BCUT2D eigenvalue weighted by atomic mass is 9.58. The average molecular weight is 519 g/mol. The highest BCUT2D eigenvalue weighted by molar-refractivity contribution is 5.09. The Morgan fingerprint density at radius 2 is 1.92 bits per heavy atom. The average Bonchev–Trinajstić information content (AvgIpc) is 3.22. The van der Waals surface area contributed by atoms with Gasteiger partial charge in [-0.25, -0.2) is 9.78 Å². The van der Waals surface area contributed by atoms with Gasteiger partial charge in [0.1, 0.15) is 5.69 Å². The fourth-order valence-electron chi connectivity index (χ4n) is 6.95. The molecule has 5 aliphatic rings. The first-order valence-electron chi connectivity index (χ1n) is 14.2. The van der Waals surface area contributed by atoms with Gasteiger partial charge in [0.2, 0.25) is 5.79 Å². The summed E-state index contributed by atoms with van der Waals surface area (Å²) in [5.74, 6) is 0.495. The van der Waals surface area contributed by atoms with Gasteiger partial charge >= 0.3 is 0 Å². The summed E-state index contributed by atoms with van der Waals surface area (Å²) in [6, 6.07) is 0. The Morgan fingerprint density at radius 3 is 2.76 bits per heavy atom. The molecule has 11 nitrogen and oxygen atoms in total. The van der Waals surface area contributed by atoms with Crippen molar-refractivity contribution in [1.29, 1.82) is 0 Å². The van der Waals surface area contributed by atoms with E-state index in [2.05, 4.69) is 34.2 Å². The third-order valence-electron chi connectivity index (χ3n) is 9.04. The van der Waals surface area contributed by atoms with Crippen LogP contribution in [0.2, 0.25) is 0 Å². The molecule has 1 aromatic rings. The van der Waals surface area contributed by atoms with Gasteiger partial charge in [-0.3, -0.25) is 4.68 Å². The van der Waals surface area contributed by atoms with E-state index < -0.39 is 24.0 Å². The normalized spacial score (nSPS) is 38.6. The van der Waals surface area contributed by atoms with Crippen LogP contribution in [0.15, 0.2) is 11.3 Å². The van der Waals surface area contributed by atoms with Crippen LogP contribution in [-0.4, -0.2) is 45.5 Å². The smallest absolute Gasteiger partial charge is 0.201 e. The minimum Gasteiger partial charge on any atom is -0.346 e. The molecule has 8 atom stereocenters. The summed E-state index contributed by atoms with van der Waals surface area (Å²) in [6.45, 7) is 8.25. The van der Waals surface area contributed by atoms with Crippen molar-refractivity contribution in [3.63, 3.8) is 0 Å². The highest BCUT2D eigenvalue weighted by Gasteiger charge is 2.69. The molecule has 2 bridgehead atoms. The summed E-state index contributed by atoms with van der Waals surface area (Å²) in [7, 11) is 0. The molecule has 1 aromatic heterocycles. The minimum atomic E-state index is -0.780. The Labute approximate surface area is 219 Å². The second-order valence-electron chi connectivity index (χ2n) is 11.6. The summed E-state index contributed by atoms with van der Waals surface area (Å²) in [5.41, 5.74) is 8.53. The molecule has 0 N–H and O–H groups in total. The number of aromatic nitrogens is 3. The van der Waals surface area contributed by atoms with Crippen molar-refractivity contribution >= 4 is 0 Å². The van der Waals surface area contributed by atoms with E-state index in [-0.39, 0.29) is 11.8 Å². The highest BCUT2D eigenvalue weighted by Crippen LogP contribution is 2.60. The first kappa shape index (κ1) is 26.8. The van der Waals surface area contributed by atoms with Crippen molar-refractivity contribution in [2.24, 2.45) is 28.8 Å². The number of unbranched alkanes of at least 4 members (excludes halogenated alkanes) is 5. The molecule has 0 amide bonds. The van der Waals surface area contributed by atoms with E-state index in [9.17, 15) is 0 Å². The number of hydrogen-bond acceptors (Lipinski definition) is 8. The maximum atomic E-state index is 8.30. The number of rotatable bonds is 12. The zero-order chi connectivity index (χ0) is 25.9. The van der Waals surface area contributed by atoms with Crippen molar-refractivity contribution in [3.8, 4) is 0 Å². The highest BCUT2D eigenvalue weighted by atomic mass is 17.3. The molecule has 0 radical (unpaired) electrons. The Bertz CT molecular complexity index is 956. The second-order valence-corrected chi connectivity index (χ2v) is 11.6. The molecular weight excluding hydrogens is 476 g/mol. The molecule has 5 heterocycles. The molecule has 5 fully saturated rings. The molecule has 1 spiro atoms. The Hall–Kier alpha value is -1.75. The molecule has 4 aliphatic heterocycles. The van der Waals surface area contributed by atoms with Crippen molar-refractivity contribution in [1.82, 2.24) is 15.0 Å². The summed E-state index contributed by atoms with van der Waals surface area (Å²) in [6.07, 6.45) is 11.7. The van der Waals surface area contributed by atoms with Gasteiger partial charge in [-0.05, 0) is 56.4 Å². The van der Waals surface area contributed by atoms with Gasteiger partial charge in [0, 0.05) is 36.3 Å². The number of fused-ring (bicyclic) bond motifs is 2. The Balaban J connectivity index is 1.11. The van der Waals surface area contributed by atoms with Crippen molar-refractivity contribution < 1.29 is 24.0 Å². The SMILES string of the molecule is C[C@H]1[C@H](OCc2cn(CCCCCCCCN=[N+]=[N-])nn2)O[C@@H]2O[C@@]3(C)CC[C@H]4[C@H](C)CC[C@@H]1[C@@]24OO3. The number of nitrogens with zero attached hydrogens (tertiary/aromatic N) is 6. The minimum absolute atomic E-state index is 0.141. The fourth-order valence-corrected chi connectivity index (χ4v) is 6.95. The Morgan fingerprint density at radius 1 is 1.11 bits per heavy atom. The molecule has 11 heteroatoms. The zero-order valence-electron chi connectivity index (χ0n) is 22.5. The van der Waals surface area contributed by atoms with Crippen LogP contribution in [-0.2, 0) is 37.1 Å². The van der Waals surface area contributed by atoms with Crippen molar-refractivity contribution in [2.45, 2.75) is 122 Å². The lowest BCUT2D eigenvalue weighted by molar-refractivity contribution is -0.577. The first-order chi connectivity index (χ1) is 17.9. The second kappa shape index (κ2) is 11.6. The fraction of sp³-hybridized carbons (Fsp3) is 0.923. The van der Waals surface area contributed by atoms with Crippen LogP contribution < -0.4 is 0 Å². The molecule has 6 rings (SSSR count). The first-order valence-corrected chi connectivity index (χ1v) is 14.2. The third-order valence-corrected chi connectivity index (χ3v) is 9.04. The van der Waals surface area contributed by atoms with Crippen LogP contribution in [0.3, 0.4) is 0 Å². The quantitative estimate of drug-likeness (QED) is 0.115. The Kier molecular flexibility index (Phi) is 8.38. The van der Waals surface area contributed by atoms with Gasteiger partial charge < -0.3 is 14.2 Å². The summed E-state index contributed by atoms with van der Waals surface area (Å²) >= 11 is 0. The summed E-state index contributed by atoms with van der Waals surface area (Å²) < 4.78 is 21.1. The standard InChI is InChI=1S/C26H42N6O5/c1-18-10-11-22-19(2)23(34-24-26(22)21(18)12-13-25(3,35-24)36-37-26)33-17-20-16-32(31-29-20)15-9-7-5-4-6-8-14-28-30-27/h16,18-19,21-24H,4-15,17H2,1-3H3/t18-,19-,21+,22+,23-,24-,25-,26-/m1/s1. The van der Waals surface area contributed by atoms with Crippen LogP contribution in [0.25, 0.3) is 10.4 Å². The molecule has 4 saturated heterocycles. The largest absolute Gasteiger partial charge is 0.346 e. The summed E-state index contributed by atoms with van der Waals surface area (Å²) in [4.78, 5) is 14.9. The number of azide groups is 1.